The summed E-state index contributed by atoms with van der Waals surface area (Å²) < 4.78 is 0. The molecule has 1 aromatic rings. The van der Waals surface area contributed by atoms with Gasteiger partial charge in [-0.1, -0.05) is 56.3 Å². The van der Waals surface area contributed by atoms with E-state index in [0.717, 1.165) is 18.6 Å². The summed E-state index contributed by atoms with van der Waals surface area (Å²) in [4.78, 5) is 0. The van der Waals surface area contributed by atoms with Crippen molar-refractivity contribution in [2.75, 3.05) is 0 Å². The number of benzene rings is 1. The molecule has 1 N–H and O–H groups in total. The van der Waals surface area contributed by atoms with Crippen molar-refractivity contribution in [1.29, 1.82) is 0 Å². The van der Waals surface area contributed by atoms with Crippen molar-refractivity contribution in [3.8, 4) is 0 Å². The van der Waals surface area contributed by atoms with Gasteiger partial charge in [0.05, 0.1) is 5.71 Å². The average Bonchev–Trinajstić information content (AvgIpc) is 2.39. The predicted octanol–water partition coefficient (Wildman–Crippen LogP) is 4.23. The molecule has 1 fully saturated rings. The van der Waals surface area contributed by atoms with Gasteiger partial charge in [-0.15, -0.1) is 0 Å². The van der Waals surface area contributed by atoms with Crippen molar-refractivity contribution < 1.29 is 5.21 Å². The van der Waals surface area contributed by atoms with Crippen LogP contribution in [-0.2, 0) is 5.41 Å². The third-order valence-electron chi connectivity index (χ3n) is 4.43. The van der Waals surface area contributed by atoms with Crippen LogP contribution in [0.15, 0.2) is 35.5 Å². The summed E-state index contributed by atoms with van der Waals surface area (Å²) >= 11 is 0. The number of nitrogens with zero attached hydrogens (tertiary/aromatic N) is 1. The van der Waals surface area contributed by atoms with Crippen molar-refractivity contribution in [3.63, 3.8) is 0 Å². The Bertz CT molecular complexity index is 422. The first kappa shape index (κ1) is 13.1. The molecular weight excluding hydrogens is 222 g/mol. The van der Waals surface area contributed by atoms with E-state index >= 15 is 0 Å². The Hall–Kier alpha value is -1.31. The minimum absolute atomic E-state index is 0.0307. The van der Waals surface area contributed by atoms with Crippen molar-refractivity contribution in [2.45, 2.75) is 45.4 Å². The zero-order valence-electron chi connectivity index (χ0n) is 11.6. The molecule has 0 bridgehead atoms. The van der Waals surface area contributed by atoms with Crippen LogP contribution in [0.4, 0.5) is 0 Å². The zero-order chi connectivity index (χ0) is 13.2. The molecule has 0 aromatic heterocycles. The quantitative estimate of drug-likeness (QED) is 0.613. The molecule has 1 aliphatic rings. The Morgan fingerprint density at radius 1 is 1.17 bits per heavy atom. The van der Waals surface area contributed by atoms with Crippen LogP contribution in [0.25, 0.3) is 0 Å². The molecule has 0 aliphatic heterocycles. The molecule has 0 heterocycles. The number of hydrogen-bond acceptors (Lipinski definition) is 2. The fraction of sp³-hybridized carbons (Fsp3) is 0.562. The highest BCUT2D eigenvalue weighted by molar-refractivity contribution is 5.88. The fourth-order valence-corrected chi connectivity index (χ4v) is 3.18. The summed E-state index contributed by atoms with van der Waals surface area (Å²) in [7, 11) is 0. The van der Waals surface area contributed by atoms with E-state index in [1.54, 1.807) is 0 Å². The van der Waals surface area contributed by atoms with E-state index < -0.39 is 0 Å². The third-order valence-corrected chi connectivity index (χ3v) is 4.43. The first-order valence-electron chi connectivity index (χ1n) is 6.82. The molecule has 0 radical (unpaired) electrons. The maximum absolute atomic E-state index is 9.28. The maximum atomic E-state index is 9.28. The Labute approximate surface area is 110 Å². The summed E-state index contributed by atoms with van der Waals surface area (Å²) in [5.74, 6) is 0.986. The Kier molecular flexibility index (Phi) is 3.74. The summed E-state index contributed by atoms with van der Waals surface area (Å²) in [6.07, 6.45) is 3.26. The van der Waals surface area contributed by atoms with Gasteiger partial charge in [0.15, 0.2) is 0 Å². The second-order valence-corrected chi connectivity index (χ2v) is 6.12. The van der Waals surface area contributed by atoms with Gasteiger partial charge in [0, 0.05) is 5.92 Å². The Morgan fingerprint density at radius 2 is 1.83 bits per heavy atom. The molecule has 2 nitrogen and oxygen atoms in total. The highest BCUT2D eigenvalue weighted by atomic mass is 16.4. The topological polar surface area (TPSA) is 32.6 Å². The van der Waals surface area contributed by atoms with E-state index in [-0.39, 0.29) is 5.41 Å². The number of hydrogen-bond donors (Lipinski definition) is 1. The molecule has 0 saturated heterocycles. The third kappa shape index (κ3) is 2.43. The number of oxime groups is 1. The van der Waals surface area contributed by atoms with Crippen LogP contribution in [0, 0.1) is 11.8 Å². The molecule has 0 amide bonds. The van der Waals surface area contributed by atoms with Crippen molar-refractivity contribution in [2.24, 2.45) is 17.0 Å². The minimum Gasteiger partial charge on any atom is -0.411 e. The van der Waals surface area contributed by atoms with Crippen LogP contribution in [-0.4, -0.2) is 10.9 Å². The molecule has 0 unspecified atom stereocenters. The minimum atomic E-state index is 0.0307. The molecule has 2 heteroatoms. The summed E-state index contributed by atoms with van der Waals surface area (Å²) in [6, 6.07) is 10.6. The van der Waals surface area contributed by atoms with Crippen LogP contribution in [0.1, 0.15) is 45.6 Å². The van der Waals surface area contributed by atoms with Crippen molar-refractivity contribution in [1.82, 2.24) is 0 Å². The van der Waals surface area contributed by atoms with E-state index in [4.69, 9.17) is 0 Å². The lowest BCUT2D eigenvalue weighted by atomic mass is 9.65. The molecule has 2 rings (SSSR count). The summed E-state index contributed by atoms with van der Waals surface area (Å²) in [5.41, 5.74) is 2.33. The van der Waals surface area contributed by atoms with Gasteiger partial charge in [-0.25, -0.2) is 0 Å². The van der Waals surface area contributed by atoms with Crippen LogP contribution < -0.4 is 0 Å². The first-order chi connectivity index (χ1) is 8.55. The van der Waals surface area contributed by atoms with E-state index in [1.165, 1.54) is 12.0 Å². The van der Waals surface area contributed by atoms with Crippen LogP contribution in [0.5, 0.6) is 0 Å². The Balaban J connectivity index is 2.29. The lowest BCUT2D eigenvalue weighted by Gasteiger charge is -2.39. The standard InChI is InChI=1S/C16H23NO/c1-12-9-10-14(15(11-12)17-18)16(2,3)13-7-5-4-6-8-13/h4-8,12,14,18H,9-11H2,1-3H3/b17-15+/t12-,14-/m1/s1. The van der Waals surface area contributed by atoms with E-state index in [1.807, 2.05) is 6.07 Å². The van der Waals surface area contributed by atoms with Crippen LogP contribution in [0.3, 0.4) is 0 Å². The van der Waals surface area contributed by atoms with Gasteiger partial charge < -0.3 is 5.21 Å². The van der Waals surface area contributed by atoms with Gasteiger partial charge >= 0.3 is 0 Å². The van der Waals surface area contributed by atoms with E-state index in [2.05, 4.69) is 50.2 Å². The summed E-state index contributed by atoms with van der Waals surface area (Å²) in [6.45, 7) is 6.75. The molecule has 2 atom stereocenters. The SMILES string of the molecule is C[C@@H]1CC[C@@H](C(C)(C)c2ccccc2)/C(=N/O)C1. The average molecular weight is 245 g/mol. The maximum Gasteiger partial charge on any atom is 0.0612 e. The summed E-state index contributed by atoms with van der Waals surface area (Å²) in [5, 5.41) is 12.9. The molecule has 1 aromatic carbocycles. The first-order valence-corrected chi connectivity index (χ1v) is 6.82. The van der Waals surface area contributed by atoms with Crippen molar-refractivity contribution in [3.05, 3.63) is 35.9 Å². The largest absolute Gasteiger partial charge is 0.411 e. The van der Waals surface area contributed by atoms with Gasteiger partial charge in [0.25, 0.3) is 0 Å². The molecule has 18 heavy (non-hydrogen) atoms. The molecule has 98 valence electrons. The van der Waals surface area contributed by atoms with Gasteiger partial charge in [-0.05, 0) is 36.2 Å². The predicted molar refractivity (Wildman–Crippen MR) is 75.2 cm³/mol. The monoisotopic (exact) mass is 245 g/mol. The Morgan fingerprint density at radius 3 is 2.44 bits per heavy atom. The van der Waals surface area contributed by atoms with Gasteiger partial charge in [-0.2, -0.15) is 0 Å². The molecular formula is C16H23NO. The second-order valence-electron chi connectivity index (χ2n) is 6.12. The number of rotatable bonds is 2. The van der Waals surface area contributed by atoms with Gasteiger partial charge in [0.2, 0.25) is 0 Å². The zero-order valence-corrected chi connectivity index (χ0v) is 11.6. The second kappa shape index (κ2) is 5.13. The van der Waals surface area contributed by atoms with Crippen LogP contribution >= 0.6 is 0 Å². The molecule has 1 saturated carbocycles. The molecule has 0 spiro atoms. The highest BCUT2D eigenvalue weighted by Crippen LogP contribution is 2.40. The fourth-order valence-electron chi connectivity index (χ4n) is 3.18. The lowest BCUT2D eigenvalue weighted by Crippen LogP contribution is -2.38. The van der Waals surface area contributed by atoms with Crippen LogP contribution in [0.2, 0.25) is 0 Å². The van der Waals surface area contributed by atoms with Gasteiger partial charge in [-0.3, -0.25) is 0 Å². The van der Waals surface area contributed by atoms with E-state index in [9.17, 15) is 5.21 Å². The normalized spacial score (nSPS) is 27.4. The highest BCUT2D eigenvalue weighted by Gasteiger charge is 2.37. The van der Waals surface area contributed by atoms with Crippen molar-refractivity contribution >= 4 is 5.71 Å². The van der Waals surface area contributed by atoms with Gasteiger partial charge in [0.1, 0.15) is 0 Å². The smallest absolute Gasteiger partial charge is 0.0612 e. The van der Waals surface area contributed by atoms with E-state index in [0.29, 0.717) is 11.8 Å². The lowest BCUT2D eigenvalue weighted by molar-refractivity contribution is 0.276. The molecule has 1 aliphatic carbocycles.